The van der Waals surface area contributed by atoms with Gasteiger partial charge in [-0.2, -0.15) is 0 Å². The van der Waals surface area contributed by atoms with Crippen molar-refractivity contribution >= 4 is 17.3 Å². The summed E-state index contributed by atoms with van der Waals surface area (Å²) in [6.45, 7) is 2.34. The lowest BCUT2D eigenvalue weighted by atomic mass is 9.93. The standard InChI is InChI=1S/C24H22ClFN2O2/c1-2-30-22-5-3-4-19(23(22)29)21-14-20(15-6-10-17(25)11-7-15)27-24(28-21)16-8-12-18(26)13-9-16/h3-13,21,24,28-29H,2,14H2,1H3/t21-,24+/m0/s1. The second-order valence-electron chi connectivity index (χ2n) is 7.09. The van der Waals surface area contributed by atoms with Crippen LogP contribution in [0.1, 0.15) is 42.2 Å². The average molecular weight is 425 g/mol. The summed E-state index contributed by atoms with van der Waals surface area (Å²) in [4.78, 5) is 4.87. The van der Waals surface area contributed by atoms with Crippen LogP contribution in [0.5, 0.6) is 11.5 Å². The van der Waals surface area contributed by atoms with E-state index in [-0.39, 0.29) is 23.8 Å². The zero-order valence-corrected chi connectivity index (χ0v) is 17.2. The van der Waals surface area contributed by atoms with Crippen LogP contribution in [0.25, 0.3) is 0 Å². The first kappa shape index (κ1) is 20.4. The fourth-order valence-corrected chi connectivity index (χ4v) is 3.76. The van der Waals surface area contributed by atoms with E-state index in [1.807, 2.05) is 43.3 Å². The van der Waals surface area contributed by atoms with E-state index in [9.17, 15) is 9.50 Å². The van der Waals surface area contributed by atoms with Crippen molar-refractivity contribution < 1.29 is 14.2 Å². The molecule has 3 aromatic carbocycles. The van der Waals surface area contributed by atoms with Gasteiger partial charge < -0.3 is 9.84 Å². The molecule has 0 bridgehead atoms. The summed E-state index contributed by atoms with van der Waals surface area (Å²) in [5.74, 6) is 0.271. The molecule has 3 aromatic rings. The first-order valence-corrected chi connectivity index (χ1v) is 10.2. The monoisotopic (exact) mass is 424 g/mol. The maximum atomic E-state index is 13.4. The van der Waals surface area contributed by atoms with E-state index >= 15 is 0 Å². The minimum atomic E-state index is -0.384. The molecule has 0 aromatic heterocycles. The van der Waals surface area contributed by atoms with E-state index in [2.05, 4.69) is 5.32 Å². The van der Waals surface area contributed by atoms with Gasteiger partial charge in [-0.25, -0.2) is 4.39 Å². The molecule has 4 rings (SSSR count). The number of aromatic hydroxyl groups is 1. The molecule has 0 amide bonds. The number of rotatable bonds is 5. The fourth-order valence-electron chi connectivity index (χ4n) is 3.63. The topological polar surface area (TPSA) is 53.8 Å². The number of phenolic OH excluding ortho intramolecular Hbond substituents is 1. The van der Waals surface area contributed by atoms with Gasteiger partial charge in [0, 0.05) is 28.8 Å². The minimum Gasteiger partial charge on any atom is -0.504 e. The molecule has 0 saturated heterocycles. The molecule has 154 valence electrons. The maximum absolute atomic E-state index is 13.4. The molecule has 1 heterocycles. The third-order valence-corrected chi connectivity index (χ3v) is 5.36. The number of benzene rings is 3. The molecular formula is C24H22ClFN2O2. The average Bonchev–Trinajstić information content (AvgIpc) is 2.76. The molecule has 2 atom stereocenters. The van der Waals surface area contributed by atoms with E-state index in [0.29, 0.717) is 23.8 Å². The van der Waals surface area contributed by atoms with Crippen molar-refractivity contribution in [2.75, 3.05) is 6.61 Å². The Hall–Kier alpha value is -2.89. The van der Waals surface area contributed by atoms with Gasteiger partial charge in [0.15, 0.2) is 11.5 Å². The van der Waals surface area contributed by atoms with Crippen LogP contribution in [-0.4, -0.2) is 17.4 Å². The van der Waals surface area contributed by atoms with Crippen LogP contribution in [0.15, 0.2) is 71.7 Å². The zero-order chi connectivity index (χ0) is 21.1. The molecule has 1 aliphatic rings. The first-order chi connectivity index (χ1) is 14.5. The summed E-state index contributed by atoms with van der Waals surface area (Å²) < 4.78 is 19.0. The van der Waals surface area contributed by atoms with Crippen LogP contribution < -0.4 is 10.1 Å². The van der Waals surface area contributed by atoms with Gasteiger partial charge in [-0.3, -0.25) is 10.3 Å². The van der Waals surface area contributed by atoms with Crippen molar-refractivity contribution in [2.24, 2.45) is 4.99 Å². The first-order valence-electron chi connectivity index (χ1n) is 9.84. The molecule has 0 radical (unpaired) electrons. The molecule has 0 spiro atoms. The highest BCUT2D eigenvalue weighted by Gasteiger charge is 2.28. The van der Waals surface area contributed by atoms with Gasteiger partial charge in [-0.1, -0.05) is 48.0 Å². The van der Waals surface area contributed by atoms with Crippen molar-refractivity contribution in [2.45, 2.75) is 25.6 Å². The van der Waals surface area contributed by atoms with Crippen LogP contribution in [0, 0.1) is 5.82 Å². The Morgan fingerprint density at radius 1 is 1.10 bits per heavy atom. The lowest BCUT2D eigenvalue weighted by Gasteiger charge is -2.31. The lowest BCUT2D eigenvalue weighted by molar-refractivity contribution is 0.313. The summed E-state index contributed by atoms with van der Waals surface area (Å²) in [5.41, 5.74) is 3.41. The van der Waals surface area contributed by atoms with Crippen LogP contribution in [0.3, 0.4) is 0 Å². The molecule has 0 saturated carbocycles. The van der Waals surface area contributed by atoms with Gasteiger partial charge in [0.1, 0.15) is 12.0 Å². The summed E-state index contributed by atoms with van der Waals surface area (Å²) in [6, 6.07) is 19.1. The van der Waals surface area contributed by atoms with Gasteiger partial charge in [-0.15, -0.1) is 0 Å². The minimum absolute atomic E-state index is 0.118. The molecular weight excluding hydrogens is 403 g/mol. The lowest BCUT2D eigenvalue weighted by Crippen LogP contribution is -2.33. The molecule has 1 aliphatic heterocycles. The largest absolute Gasteiger partial charge is 0.504 e. The molecule has 4 nitrogen and oxygen atoms in total. The van der Waals surface area contributed by atoms with E-state index in [4.69, 9.17) is 21.3 Å². The van der Waals surface area contributed by atoms with E-state index in [0.717, 1.165) is 22.4 Å². The number of hydrogen-bond acceptors (Lipinski definition) is 4. The summed E-state index contributed by atoms with van der Waals surface area (Å²) in [6.07, 6.45) is 0.188. The number of ether oxygens (including phenoxy) is 1. The van der Waals surface area contributed by atoms with Crippen molar-refractivity contribution in [3.05, 3.63) is 94.3 Å². The van der Waals surface area contributed by atoms with Crippen LogP contribution in [0.2, 0.25) is 5.02 Å². The number of phenols is 1. The van der Waals surface area contributed by atoms with Crippen LogP contribution >= 0.6 is 11.6 Å². The van der Waals surface area contributed by atoms with Gasteiger partial charge in [0.05, 0.1) is 6.61 Å². The Kier molecular flexibility index (Phi) is 6.02. The van der Waals surface area contributed by atoms with Crippen molar-refractivity contribution in [1.29, 1.82) is 0 Å². The van der Waals surface area contributed by atoms with Gasteiger partial charge in [0.2, 0.25) is 0 Å². The normalized spacial score (nSPS) is 18.7. The Balaban J connectivity index is 1.74. The molecule has 2 N–H and O–H groups in total. The predicted octanol–water partition coefficient (Wildman–Crippen LogP) is 5.81. The molecule has 0 unspecified atom stereocenters. The SMILES string of the molecule is CCOc1cccc([C@@H]2CC(c3ccc(Cl)cc3)=N[C@@H](c3ccc(F)cc3)N2)c1O. The Morgan fingerprint density at radius 3 is 2.53 bits per heavy atom. The quantitative estimate of drug-likeness (QED) is 0.543. The fraction of sp³-hybridized carbons (Fsp3) is 0.208. The maximum Gasteiger partial charge on any atom is 0.162 e. The van der Waals surface area contributed by atoms with E-state index < -0.39 is 0 Å². The highest BCUT2D eigenvalue weighted by Crippen LogP contribution is 2.38. The van der Waals surface area contributed by atoms with E-state index in [1.165, 1.54) is 12.1 Å². The smallest absolute Gasteiger partial charge is 0.162 e. The van der Waals surface area contributed by atoms with Crippen molar-refractivity contribution in [3.8, 4) is 11.5 Å². The summed E-state index contributed by atoms with van der Waals surface area (Å²) in [7, 11) is 0. The molecule has 0 fully saturated rings. The Morgan fingerprint density at radius 2 is 1.83 bits per heavy atom. The highest BCUT2D eigenvalue weighted by molar-refractivity contribution is 6.30. The number of nitrogens with zero attached hydrogens (tertiary/aromatic N) is 1. The van der Waals surface area contributed by atoms with Crippen molar-refractivity contribution in [3.63, 3.8) is 0 Å². The predicted molar refractivity (Wildman–Crippen MR) is 117 cm³/mol. The van der Waals surface area contributed by atoms with Crippen LogP contribution in [0.4, 0.5) is 4.39 Å². The second kappa shape index (κ2) is 8.86. The number of para-hydroxylation sites is 1. The Labute approximate surface area is 180 Å². The van der Waals surface area contributed by atoms with Crippen LogP contribution in [-0.2, 0) is 0 Å². The third-order valence-electron chi connectivity index (χ3n) is 5.11. The van der Waals surface area contributed by atoms with Crippen molar-refractivity contribution in [1.82, 2.24) is 5.32 Å². The molecule has 30 heavy (non-hydrogen) atoms. The highest BCUT2D eigenvalue weighted by atomic mass is 35.5. The van der Waals surface area contributed by atoms with Gasteiger partial charge in [0.25, 0.3) is 0 Å². The number of halogens is 2. The summed E-state index contributed by atoms with van der Waals surface area (Å²) >= 11 is 6.05. The third kappa shape index (κ3) is 4.32. The van der Waals surface area contributed by atoms with E-state index in [1.54, 1.807) is 18.2 Å². The number of aliphatic imine (C=N–C) groups is 1. The summed E-state index contributed by atoms with van der Waals surface area (Å²) in [5, 5.41) is 14.9. The number of hydrogen-bond donors (Lipinski definition) is 2. The second-order valence-corrected chi connectivity index (χ2v) is 7.52. The number of nitrogens with one attached hydrogen (secondary N) is 1. The Bertz CT molecular complexity index is 1050. The molecule has 0 aliphatic carbocycles. The zero-order valence-electron chi connectivity index (χ0n) is 16.5. The molecule has 6 heteroatoms. The van der Waals surface area contributed by atoms with Gasteiger partial charge >= 0.3 is 0 Å². The van der Waals surface area contributed by atoms with Gasteiger partial charge in [-0.05, 0) is 48.4 Å².